The van der Waals surface area contributed by atoms with Gasteiger partial charge in [-0.25, -0.2) is 9.37 Å². The molecule has 0 fully saturated rings. The van der Waals surface area contributed by atoms with Crippen LogP contribution in [0.2, 0.25) is 0 Å². The number of hydrogen-bond donors (Lipinski definition) is 0. The van der Waals surface area contributed by atoms with Gasteiger partial charge in [-0.3, -0.25) is 9.69 Å². The number of aryl methyl sites for hydroxylation is 1. The van der Waals surface area contributed by atoms with Gasteiger partial charge >= 0.3 is 0 Å². The Labute approximate surface area is 119 Å². The minimum absolute atomic E-state index is 0.0244. The molecule has 0 saturated carbocycles. The summed E-state index contributed by atoms with van der Waals surface area (Å²) < 4.78 is 18.7. The summed E-state index contributed by atoms with van der Waals surface area (Å²) in [7, 11) is 0. The smallest absolute Gasteiger partial charge is 0.265 e. The fourth-order valence-corrected chi connectivity index (χ4v) is 2.83. The Morgan fingerprint density at radius 1 is 1.50 bits per heavy atom. The van der Waals surface area contributed by atoms with Crippen molar-refractivity contribution in [3.63, 3.8) is 0 Å². The van der Waals surface area contributed by atoms with Crippen molar-refractivity contribution < 1.29 is 13.9 Å². The van der Waals surface area contributed by atoms with Crippen molar-refractivity contribution in [2.45, 2.75) is 19.9 Å². The predicted molar refractivity (Wildman–Crippen MR) is 74.6 cm³/mol. The summed E-state index contributed by atoms with van der Waals surface area (Å²) in [6.45, 7) is 2.35. The Morgan fingerprint density at radius 2 is 2.35 bits per heavy atom. The van der Waals surface area contributed by atoms with Crippen LogP contribution in [0.1, 0.15) is 17.6 Å². The zero-order chi connectivity index (χ0) is 14.1. The lowest BCUT2D eigenvalue weighted by Gasteiger charge is -2.28. The first-order valence-electron chi connectivity index (χ1n) is 6.33. The highest BCUT2D eigenvalue weighted by atomic mass is 32.1. The van der Waals surface area contributed by atoms with Gasteiger partial charge in [0.25, 0.3) is 5.91 Å². The molecule has 104 valence electrons. The largest absolute Gasteiger partial charge is 0.482 e. The third-order valence-electron chi connectivity index (χ3n) is 3.09. The van der Waals surface area contributed by atoms with Gasteiger partial charge in [-0.05, 0) is 18.6 Å². The molecule has 4 nitrogen and oxygen atoms in total. The lowest BCUT2D eigenvalue weighted by Crippen LogP contribution is -2.38. The molecule has 6 heteroatoms. The summed E-state index contributed by atoms with van der Waals surface area (Å²) in [5.41, 5.74) is 1.28. The first-order valence-corrected chi connectivity index (χ1v) is 7.21. The van der Waals surface area contributed by atoms with E-state index in [-0.39, 0.29) is 18.3 Å². The van der Waals surface area contributed by atoms with E-state index in [2.05, 4.69) is 4.98 Å². The fourth-order valence-electron chi connectivity index (χ4n) is 2.09. The molecular weight excluding hydrogens is 279 g/mol. The zero-order valence-corrected chi connectivity index (χ0v) is 11.7. The summed E-state index contributed by atoms with van der Waals surface area (Å²) in [6, 6.07) is 4.19. The van der Waals surface area contributed by atoms with E-state index >= 15 is 0 Å². The number of carbonyl (C=O) groups excluding carboxylic acids is 1. The SMILES string of the molecule is CCc1nc(CN2C(=O)COc3ccc(F)cc32)cs1. The molecule has 1 aromatic heterocycles. The highest BCUT2D eigenvalue weighted by molar-refractivity contribution is 7.09. The van der Waals surface area contributed by atoms with Crippen molar-refractivity contribution in [1.29, 1.82) is 0 Å². The van der Waals surface area contributed by atoms with Crippen LogP contribution in [0.4, 0.5) is 10.1 Å². The summed E-state index contributed by atoms with van der Waals surface area (Å²) in [4.78, 5) is 18.0. The number of carbonyl (C=O) groups is 1. The van der Waals surface area contributed by atoms with Gasteiger partial charge in [0.2, 0.25) is 0 Å². The summed E-state index contributed by atoms with van der Waals surface area (Å²) in [5, 5.41) is 2.96. The van der Waals surface area contributed by atoms with E-state index in [9.17, 15) is 9.18 Å². The van der Waals surface area contributed by atoms with E-state index in [1.165, 1.54) is 17.0 Å². The van der Waals surface area contributed by atoms with Gasteiger partial charge in [0, 0.05) is 11.4 Å². The van der Waals surface area contributed by atoms with Gasteiger partial charge in [0.15, 0.2) is 6.61 Å². The van der Waals surface area contributed by atoms with E-state index in [0.29, 0.717) is 18.0 Å². The molecule has 0 unspecified atom stereocenters. The number of halogens is 1. The Kier molecular flexibility index (Phi) is 3.40. The van der Waals surface area contributed by atoms with E-state index in [0.717, 1.165) is 17.1 Å². The van der Waals surface area contributed by atoms with Crippen LogP contribution in [-0.2, 0) is 17.8 Å². The van der Waals surface area contributed by atoms with E-state index in [1.54, 1.807) is 17.4 Å². The number of nitrogens with zero attached hydrogens (tertiary/aromatic N) is 2. The quantitative estimate of drug-likeness (QED) is 0.873. The van der Waals surface area contributed by atoms with Gasteiger partial charge in [-0.1, -0.05) is 6.92 Å². The topological polar surface area (TPSA) is 42.4 Å². The monoisotopic (exact) mass is 292 g/mol. The minimum atomic E-state index is -0.389. The van der Waals surface area contributed by atoms with Crippen LogP contribution in [0, 0.1) is 5.82 Å². The Bertz CT molecular complexity index is 656. The lowest BCUT2D eigenvalue weighted by atomic mass is 10.2. The normalized spacial score (nSPS) is 14.1. The number of thiazole rings is 1. The number of fused-ring (bicyclic) bond motifs is 1. The highest BCUT2D eigenvalue weighted by Crippen LogP contribution is 2.33. The molecule has 1 aliphatic rings. The molecule has 0 aliphatic carbocycles. The molecular formula is C14H13FN2O2S. The zero-order valence-electron chi connectivity index (χ0n) is 10.9. The second kappa shape index (κ2) is 5.20. The number of rotatable bonds is 3. The lowest BCUT2D eigenvalue weighted by molar-refractivity contribution is -0.121. The molecule has 1 amide bonds. The van der Waals surface area contributed by atoms with Crippen LogP contribution < -0.4 is 9.64 Å². The Morgan fingerprint density at radius 3 is 3.10 bits per heavy atom. The molecule has 0 spiro atoms. The van der Waals surface area contributed by atoms with Crippen LogP contribution in [0.15, 0.2) is 23.6 Å². The number of hydrogen-bond acceptors (Lipinski definition) is 4. The average molecular weight is 292 g/mol. The number of amides is 1. The van der Waals surface area contributed by atoms with Crippen molar-refractivity contribution in [1.82, 2.24) is 4.98 Å². The number of benzene rings is 1. The number of anilines is 1. The number of ether oxygens (including phenoxy) is 1. The second-order valence-corrected chi connectivity index (χ2v) is 5.41. The standard InChI is InChI=1S/C14H13FN2O2S/c1-2-13-16-10(8-20-13)6-17-11-5-9(15)3-4-12(11)19-7-14(17)18/h3-5,8H,2,6-7H2,1H3. The molecule has 0 radical (unpaired) electrons. The van der Waals surface area contributed by atoms with Crippen molar-refractivity contribution in [3.8, 4) is 5.75 Å². The highest BCUT2D eigenvalue weighted by Gasteiger charge is 2.26. The maximum atomic E-state index is 13.4. The van der Waals surface area contributed by atoms with Gasteiger partial charge in [-0.15, -0.1) is 11.3 Å². The molecule has 0 bridgehead atoms. The third-order valence-corrected chi connectivity index (χ3v) is 4.13. The number of aromatic nitrogens is 1. The van der Waals surface area contributed by atoms with Gasteiger partial charge in [-0.2, -0.15) is 0 Å². The van der Waals surface area contributed by atoms with E-state index < -0.39 is 0 Å². The maximum absolute atomic E-state index is 13.4. The van der Waals surface area contributed by atoms with E-state index in [4.69, 9.17) is 4.74 Å². The van der Waals surface area contributed by atoms with Gasteiger partial charge in [0.05, 0.1) is 22.9 Å². The predicted octanol–water partition coefficient (Wildman–Crippen LogP) is 2.77. The molecule has 0 saturated heterocycles. The van der Waals surface area contributed by atoms with Crippen molar-refractivity contribution in [2.24, 2.45) is 0 Å². The summed E-state index contributed by atoms with van der Waals surface area (Å²) in [6.07, 6.45) is 0.868. The Balaban J connectivity index is 1.92. The van der Waals surface area contributed by atoms with Crippen LogP contribution in [0.5, 0.6) is 5.75 Å². The average Bonchev–Trinajstić information content (AvgIpc) is 2.90. The molecule has 2 heterocycles. The third kappa shape index (κ3) is 2.38. The van der Waals surface area contributed by atoms with Crippen LogP contribution in [-0.4, -0.2) is 17.5 Å². The minimum Gasteiger partial charge on any atom is -0.482 e. The molecule has 0 N–H and O–H groups in total. The van der Waals surface area contributed by atoms with Crippen molar-refractivity contribution in [2.75, 3.05) is 11.5 Å². The molecule has 0 atom stereocenters. The van der Waals surface area contributed by atoms with Crippen molar-refractivity contribution in [3.05, 3.63) is 40.1 Å². The molecule has 20 heavy (non-hydrogen) atoms. The van der Waals surface area contributed by atoms with Crippen LogP contribution in [0.25, 0.3) is 0 Å². The molecule has 2 aromatic rings. The van der Waals surface area contributed by atoms with E-state index in [1.807, 2.05) is 12.3 Å². The van der Waals surface area contributed by atoms with Crippen molar-refractivity contribution >= 4 is 22.9 Å². The first kappa shape index (κ1) is 13.1. The molecule has 1 aliphatic heterocycles. The summed E-state index contributed by atoms with van der Waals surface area (Å²) >= 11 is 1.57. The fraction of sp³-hybridized carbons (Fsp3) is 0.286. The maximum Gasteiger partial charge on any atom is 0.265 e. The second-order valence-electron chi connectivity index (χ2n) is 4.47. The van der Waals surface area contributed by atoms with Crippen LogP contribution >= 0.6 is 11.3 Å². The molecule has 1 aromatic carbocycles. The molecule has 3 rings (SSSR count). The first-order chi connectivity index (χ1) is 9.67. The van der Waals surface area contributed by atoms with Gasteiger partial charge in [0.1, 0.15) is 11.6 Å². The van der Waals surface area contributed by atoms with Crippen LogP contribution in [0.3, 0.4) is 0 Å². The van der Waals surface area contributed by atoms with Gasteiger partial charge < -0.3 is 4.74 Å². The Hall–Kier alpha value is -1.95. The summed E-state index contributed by atoms with van der Waals surface area (Å²) in [5.74, 6) is -0.0503.